The van der Waals surface area contributed by atoms with Gasteiger partial charge in [-0.25, -0.2) is 0 Å². The van der Waals surface area contributed by atoms with E-state index < -0.39 is 5.78 Å². The number of carbonyl (C=O) groups excluding carboxylic acids is 2. The van der Waals surface area contributed by atoms with Gasteiger partial charge in [0.05, 0.1) is 24.8 Å². The largest absolute Gasteiger partial charge is 0.507 e. The molecule has 0 spiro atoms. The summed E-state index contributed by atoms with van der Waals surface area (Å²) < 4.78 is 5.20. The molecule has 0 aliphatic heterocycles. The summed E-state index contributed by atoms with van der Waals surface area (Å²) in [5, 5.41) is 20.1. The minimum Gasteiger partial charge on any atom is -0.507 e. The molecule has 2 aromatic rings. The lowest BCUT2D eigenvalue weighted by Crippen LogP contribution is -2.23. The van der Waals surface area contributed by atoms with Crippen LogP contribution in [0, 0.1) is 0 Å². The first kappa shape index (κ1) is 16.0. The van der Waals surface area contributed by atoms with E-state index in [0.717, 1.165) is 0 Å². The highest BCUT2D eigenvalue weighted by atomic mass is 16.5. The van der Waals surface area contributed by atoms with E-state index in [-0.39, 0.29) is 52.6 Å². The lowest BCUT2D eigenvalue weighted by molar-refractivity contribution is 0.0973. The minimum atomic E-state index is -0.468. The van der Waals surface area contributed by atoms with Crippen molar-refractivity contribution in [3.63, 3.8) is 0 Å². The first-order chi connectivity index (χ1) is 11.5. The predicted molar refractivity (Wildman–Crippen MR) is 87.8 cm³/mol. The van der Waals surface area contributed by atoms with Crippen molar-refractivity contribution in [2.45, 2.75) is 13.0 Å². The number of aromatic hydroxyl groups is 1. The number of aliphatic hydroxyl groups excluding tert-OH is 1. The van der Waals surface area contributed by atoms with Crippen LogP contribution in [0.3, 0.4) is 0 Å². The molecule has 0 radical (unpaired) electrons. The molecule has 2 N–H and O–H groups in total. The molecule has 2 aromatic carbocycles. The topological polar surface area (TPSA) is 83.8 Å². The Morgan fingerprint density at radius 1 is 1.17 bits per heavy atom. The second-order valence-electron chi connectivity index (χ2n) is 5.48. The third-order valence-electron chi connectivity index (χ3n) is 4.21. The monoisotopic (exact) mass is 324 g/mol. The zero-order valence-corrected chi connectivity index (χ0v) is 13.1. The summed E-state index contributed by atoms with van der Waals surface area (Å²) in [4.78, 5) is 25.7. The number of ether oxygens (including phenoxy) is 1. The van der Waals surface area contributed by atoms with Gasteiger partial charge in [0, 0.05) is 16.7 Å². The third-order valence-corrected chi connectivity index (χ3v) is 4.21. The fraction of sp³-hybridized carbons (Fsp3) is 0.158. The van der Waals surface area contributed by atoms with E-state index in [0.29, 0.717) is 11.1 Å². The van der Waals surface area contributed by atoms with Gasteiger partial charge in [-0.1, -0.05) is 18.2 Å². The van der Waals surface area contributed by atoms with Gasteiger partial charge in [-0.15, -0.1) is 6.58 Å². The molecule has 0 fully saturated rings. The highest BCUT2D eigenvalue weighted by Gasteiger charge is 2.35. The van der Waals surface area contributed by atoms with Crippen molar-refractivity contribution in [1.82, 2.24) is 0 Å². The number of ketones is 2. The van der Waals surface area contributed by atoms with Crippen LogP contribution in [0.5, 0.6) is 11.5 Å². The molecule has 0 atom stereocenters. The molecule has 0 saturated carbocycles. The number of fused-ring (bicyclic) bond motifs is 2. The lowest BCUT2D eigenvalue weighted by atomic mass is 9.80. The Balaban J connectivity index is 2.34. The lowest BCUT2D eigenvalue weighted by Gasteiger charge is -2.22. The van der Waals surface area contributed by atoms with Crippen LogP contribution >= 0.6 is 0 Å². The molecule has 0 aromatic heterocycles. The number of rotatable bonds is 4. The van der Waals surface area contributed by atoms with E-state index in [1.54, 1.807) is 24.3 Å². The van der Waals surface area contributed by atoms with Crippen LogP contribution in [0.1, 0.15) is 43.0 Å². The quantitative estimate of drug-likeness (QED) is 0.720. The number of hydrogen-bond acceptors (Lipinski definition) is 5. The summed E-state index contributed by atoms with van der Waals surface area (Å²) in [6.07, 6.45) is 1.83. The average Bonchev–Trinajstić information content (AvgIpc) is 2.60. The number of benzene rings is 2. The summed E-state index contributed by atoms with van der Waals surface area (Å²) in [5.41, 5.74) is 1.21. The van der Waals surface area contributed by atoms with E-state index in [1.165, 1.54) is 13.2 Å². The molecule has 5 heteroatoms. The molecule has 0 saturated heterocycles. The zero-order valence-electron chi connectivity index (χ0n) is 13.1. The molecule has 3 rings (SSSR count). The molecule has 1 aliphatic carbocycles. The smallest absolute Gasteiger partial charge is 0.201 e. The van der Waals surface area contributed by atoms with Crippen molar-refractivity contribution < 1.29 is 24.5 Å². The van der Waals surface area contributed by atoms with Gasteiger partial charge in [-0.2, -0.15) is 0 Å². The van der Waals surface area contributed by atoms with Gasteiger partial charge in [0.2, 0.25) is 5.78 Å². The molecular weight excluding hydrogens is 308 g/mol. The fourth-order valence-corrected chi connectivity index (χ4v) is 3.08. The van der Waals surface area contributed by atoms with E-state index >= 15 is 0 Å². The molecule has 1 aliphatic rings. The molecular formula is C19H16O5. The van der Waals surface area contributed by atoms with Crippen molar-refractivity contribution in [2.75, 3.05) is 7.11 Å². The SMILES string of the molecule is C=CCc1c(CO)cc2c(c1O)C(=O)c1c(OC)cccc1C2=O. The second-order valence-corrected chi connectivity index (χ2v) is 5.48. The maximum absolute atomic E-state index is 12.9. The highest BCUT2D eigenvalue weighted by Crippen LogP contribution is 2.39. The van der Waals surface area contributed by atoms with Gasteiger partial charge < -0.3 is 14.9 Å². The van der Waals surface area contributed by atoms with Crippen molar-refractivity contribution in [3.05, 3.63) is 70.3 Å². The average molecular weight is 324 g/mol. The first-order valence-corrected chi connectivity index (χ1v) is 7.41. The second kappa shape index (κ2) is 5.94. The van der Waals surface area contributed by atoms with Crippen LogP contribution in [0.15, 0.2) is 36.9 Å². The Labute approximate surface area is 138 Å². The summed E-state index contributed by atoms with van der Waals surface area (Å²) in [6, 6.07) is 6.25. The number of allylic oxidation sites excluding steroid dienone is 1. The summed E-state index contributed by atoms with van der Waals surface area (Å²) in [7, 11) is 1.42. The van der Waals surface area contributed by atoms with Gasteiger partial charge >= 0.3 is 0 Å². The van der Waals surface area contributed by atoms with Gasteiger partial charge in [0.15, 0.2) is 5.78 Å². The Hall–Kier alpha value is -2.92. The summed E-state index contributed by atoms with van der Waals surface area (Å²) in [5.74, 6) is -0.850. The number of phenols is 1. The molecule has 0 unspecified atom stereocenters. The maximum atomic E-state index is 12.9. The van der Waals surface area contributed by atoms with Crippen LogP contribution in [-0.4, -0.2) is 28.9 Å². The molecule has 122 valence electrons. The highest BCUT2D eigenvalue weighted by molar-refractivity contribution is 6.30. The number of hydrogen-bond donors (Lipinski definition) is 2. The van der Waals surface area contributed by atoms with Crippen LogP contribution in [0.25, 0.3) is 0 Å². The Morgan fingerprint density at radius 3 is 2.54 bits per heavy atom. The molecule has 0 amide bonds. The summed E-state index contributed by atoms with van der Waals surface area (Å²) in [6.45, 7) is 3.27. The summed E-state index contributed by atoms with van der Waals surface area (Å²) >= 11 is 0. The zero-order chi connectivity index (χ0) is 17.4. The molecule has 24 heavy (non-hydrogen) atoms. The van der Waals surface area contributed by atoms with Crippen LogP contribution in [0.2, 0.25) is 0 Å². The van der Waals surface area contributed by atoms with E-state index in [4.69, 9.17) is 4.74 Å². The van der Waals surface area contributed by atoms with Gasteiger partial charge in [0.1, 0.15) is 11.5 Å². The first-order valence-electron chi connectivity index (χ1n) is 7.41. The standard InChI is InChI=1S/C19H16O5/c1-3-5-11-10(9-20)8-13-16(18(11)22)19(23)15-12(17(13)21)6-4-7-14(15)24-2/h3-4,6-8,20,22H,1,5,9H2,2H3. The van der Waals surface area contributed by atoms with Gasteiger partial charge in [-0.05, 0) is 24.1 Å². The van der Waals surface area contributed by atoms with E-state index in [9.17, 15) is 19.8 Å². The third kappa shape index (κ3) is 2.13. The van der Waals surface area contributed by atoms with E-state index in [2.05, 4.69) is 6.58 Å². The Bertz CT molecular complexity index is 880. The Morgan fingerprint density at radius 2 is 1.92 bits per heavy atom. The fourth-order valence-electron chi connectivity index (χ4n) is 3.08. The van der Waals surface area contributed by atoms with Crippen molar-refractivity contribution >= 4 is 11.6 Å². The predicted octanol–water partition coefficient (Wildman–Crippen LogP) is 2.40. The number of carbonyl (C=O) groups is 2. The molecule has 0 bridgehead atoms. The normalized spacial score (nSPS) is 12.6. The Kier molecular flexibility index (Phi) is 3.95. The van der Waals surface area contributed by atoms with Crippen LogP contribution in [0.4, 0.5) is 0 Å². The molecule has 5 nitrogen and oxygen atoms in total. The van der Waals surface area contributed by atoms with Crippen molar-refractivity contribution in [1.29, 1.82) is 0 Å². The van der Waals surface area contributed by atoms with Crippen molar-refractivity contribution in [2.24, 2.45) is 0 Å². The van der Waals surface area contributed by atoms with Gasteiger partial charge in [-0.3, -0.25) is 9.59 Å². The van der Waals surface area contributed by atoms with E-state index in [1.807, 2.05) is 0 Å². The number of methoxy groups -OCH3 is 1. The van der Waals surface area contributed by atoms with Crippen LogP contribution in [-0.2, 0) is 13.0 Å². The minimum absolute atomic E-state index is 0.0500. The number of phenolic OH excluding ortho intramolecular Hbond substituents is 1. The van der Waals surface area contributed by atoms with Crippen LogP contribution < -0.4 is 4.74 Å². The van der Waals surface area contributed by atoms with Crippen molar-refractivity contribution in [3.8, 4) is 11.5 Å². The molecule has 0 heterocycles. The maximum Gasteiger partial charge on any atom is 0.201 e. The number of aliphatic hydroxyl groups is 1. The van der Waals surface area contributed by atoms with Gasteiger partial charge in [0.25, 0.3) is 0 Å².